The van der Waals surface area contributed by atoms with Crippen LogP contribution in [0.1, 0.15) is 37.6 Å². The van der Waals surface area contributed by atoms with Crippen LogP contribution in [-0.2, 0) is 12.0 Å². The minimum Gasteiger partial charge on any atom is -0.326 e. The molecule has 0 fully saturated rings. The predicted molar refractivity (Wildman–Crippen MR) is 73.1 cm³/mol. The number of aryl methyl sites for hydroxylation is 1. The average Bonchev–Trinajstić information content (AvgIpc) is 2.25. The highest BCUT2D eigenvalue weighted by Gasteiger charge is 2.14. The van der Waals surface area contributed by atoms with Crippen LogP contribution >= 0.6 is 0 Å². The Morgan fingerprint density at radius 1 is 1.18 bits per heavy atom. The molecule has 0 amide bonds. The van der Waals surface area contributed by atoms with Gasteiger partial charge in [0.05, 0.1) is 5.52 Å². The Kier molecular flexibility index (Phi) is 2.92. The molecule has 0 unspecified atom stereocenters. The molecule has 0 aliphatic rings. The van der Waals surface area contributed by atoms with Gasteiger partial charge in [-0.3, -0.25) is 4.98 Å². The lowest BCUT2D eigenvalue weighted by Gasteiger charge is -2.20. The number of rotatable bonds is 1. The summed E-state index contributed by atoms with van der Waals surface area (Å²) in [6.45, 7) is 9.23. The predicted octanol–water partition coefficient (Wildman–Crippen LogP) is 3.30. The number of hydrogen-bond donors (Lipinski definition) is 1. The maximum Gasteiger partial charge on any atom is 0.0708 e. The molecule has 0 radical (unpaired) electrons. The normalized spacial score (nSPS) is 12.1. The topological polar surface area (TPSA) is 38.9 Å². The molecule has 2 N–H and O–H groups in total. The van der Waals surface area contributed by atoms with Crippen molar-refractivity contribution in [3.63, 3.8) is 0 Å². The summed E-state index contributed by atoms with van der Waals surface area (Å²) in [6.07, 6.45) is 0. The second-order valence-electron chi connectivity index (χ2n) is 5.61. The van der Waals surface area contributed by atoms with Crippen LogP contribution in [-0.4, -0.2) is 4.98 Å². The van der Waals surface area contributed by atoms with Gasteiger partial charge in [0.2, 0.25) is 0 Å². The lowest BCUT2D eigenvalue weighted by Crippen LogP contribution is -2.11. The van der Waals surface area contributed by atoms with Crippen molar-refractivity contribution in [2.24, 2.45) is 5.73 Å². The molecule has 2 rings (SSSR count). The first-order valence-electron chi connectivity index (χ1n) is 6.02. The lowest BCUT2D eigenvalue weighted by atomic mass is 9.86. The number of nitrogens with two attached hydrogens (primary N) is 1. The monoisotopic (exact) mass is 228 g/mol. The van der Waals surface area contributed by atoms with Gasteiger partial charge in [0.1, 0.15) is 0 Å². The third-order valence-electron chi connectivity index (χ3n) is 3.11. The number of aromatic nitrogens is 1. The zero-order chi connectivity index (χ0) is 12.6. The fourth-order valence-corrected chi connectivity index (χ4v) is 2.08. The summed E-state index contributed by atoms with van der Waals surface area (Å²) in [5, 5.41) is 1.19. The minimum atomic E-state index is 0.158. The Balaban J connectivity index is 2.72. The lowest BCUT2D eigenvalue weighted by molar-refractivity contribution is 0.591. The maximum absolute atomic E-state index is 5.82. The fourth-order valence-electron chi connectivity index (χ4n) is 2.08. The van der Waals surface area contributed by atoms with Gasteiger partial charge in [-0.2, -0.15) is 0 Å². The Morgan fingerprint density at radius 2 is 1.88 bits per heavy atom. The molecule has 0 saturated heterocycles. The average molecular weight is 228 g/mol. The number of fused-ring (bicyclic) bond motifs is 1. The van der Waals surface area contributed by atoms with Crippen LogP contribution in [0.5, 0.6) is 0 Å². The van der Waals surface area contributed by atoms with Crippen molar-refractivity contribution < 1.29 is 0 Å². The second-order valence-corrected chi connectivity index (χ2v) is 5.61. The fraction of sp³-hybridized carbons (Fsp3) is 0.400. The van der Waals surface area contributed by atoms with Crippen LogP contribution in [0.3, 0.4) is 0 Å². The zero-order valence-corrected chi connectivity index (χ0v) is 11.0. The van der Waals surface area contributed by atoms with E-state index in [1.54, 1.807) is 0 Å². The second kappa shape index (κ2) is 4.11. The SMILES string of the molecule is Cc1cc(CN)c2cc(C(C)(C)C)ccc2n1. The number of hydrogen-bond acceptors (Lipinski definition) is 2. The first kappa shape index (κ1) is 12.1. The molecule has 0 saturated carbocycles. The highest BCUT2D eigenvalue weighted by atomic mass is 14.7. The van der Waals surface area contributed by atoms with Gasteiger partial charge in [0, 0.05) is 17.6 Å². The first-order chi connectivity index (χ1) is 7.91. The molecular weight excluding hydrogens is 208 g/mol. The van der Waals surface area contributed by atoms with E-state index in [9.17, 15) is 0 Å². The van der Waals surface area contributed by atoms with Crippen LogP contribution in [0.2, 0.25) is 0 Å². The Labute approximate surface area is 103 Å². The van der Waals surface area contributed by atoms with Gasteiger partial charge in [-0.25, -0.2) is 0 Å². The summed E-state index contributed by atoms with van der Waals surface area (Å²) >= 11 is 0. The number of nitrogens with zero attached hydrogens (tertiary/aromatic N) is 1. The third kappa shape index (κ3) is 2.32. The van der Waals surface area contributed by atoms with Crippen LogP contribution < -0.4 is 5.73 Å². The molecule has 1 aromatic carbocycles. The van der Waals surface area contributed by atoms with E-state index in [1.807, 2.05) is 6.92 Å². The molecule has 2 heteroatoms. The van der Waals surface area contributed by atoms with E-state index in [4.69, 9.17) is 5.73 Å². The molecule has 1 aromatic heterocycles. The van der Waals surface area contributed by atoms with Gasteiger partial charge in [-0.05, 0) is 41.7 Å². The molecule has 0 spiro atoms. The molecule has 0 aliphatic heterocycles. The third-order valence-corrected chi connectivity index (χ3v) is 3.11. The van der Waals surface area contributed by atoms with E-state index in [0.717, 1.165) is 11.2 Å². The molecule has 2 aromatic rings. The molecule has 90 valence electrons. The van der Waals surface area contributed by atoms with E-state index in [-0.39, 0.29) is 5.41 Å². The summed E-state index contributed by atoms with van der Waals surface area (Å²) < 4.78 is 0. The van der Waals surface area contributed by atoms with Gasteiger partial charge < -0.3 is 5.73 Å². The molecule has 0 aliphatic carbocycles. The van der Waals surface area contributed by atoms with Crippen molar-refractivity contribution in [2.75, 3.05) is 0 Å². The van der Waals surface area contributed by atoms with Crippen molar-refractivity contribution >= 4 is 10.9 Å². The van der Waals surface area contributed by atoms with Gasteiger partial charge in [-0.1, -0.05) is 26.8 Å². The Bertz CT molecular complexity index is 551. The van der Waals surface area contributed by atoms with Crippen LogP contribution in [0.15, 0.2) is 24.3 Å². The van der Waals surface area contributed by atoms with Crippen molar-refractivity contribution in [2.45, 2.75) is 39.7 Å². The van der Waals surface area contributed by atoms with Crippen LogP contribution in [0, 0.1) is 6.92 Å². The highest BCUT2D eigenvalue weighted by Crippen LogP contribution is 2.27. The van der Waals surface area contributed by atoms with Crippen molar-refractivity contribution in [1.82, 2.24) is 4.98 Å². The van der Waals surface area contributed by atoms with Crippen molar-refractivity contribution in [1.29, 1.82) is 0 Å². The van der Waals surface area contributed by atoms with Crippen LogP contribution in [0.25, 0.3) is 10.9 Å². The molecule has 2 nitrogen and oxygen atoms in total. The number of benzene rings is 1. The maximum atomic E-state index is 5.82. The smallest absolute Gasteiger partial charge is 0.0708 e. The van der Waals surface area contributed by atoms with E-state index in [1.165, 1.54) is 16.5 Å². The van der Waals surface area contributed by atoms with E-state index in [0.29, 0.717) is 6.54 Å². The minimum absolute atomic E-state index is 0.158. The van der Waals surface area contributed by atoms with Gasteiger partial charge in [-0.15, -0.1) is 0 Å². The van der Waals surface area contributed by atoms with E-state index >= 15 is 0 Å². The molecule has 0 bridgehead atoms. The molecule has 1 heterocycles. The van der Waals surface area contributed by atoms with Crippen LogP contribution in [0.4, 0.5) is 0 Å². The summed E-state index contributed by atoms with van der Waals surface area (Å²) in [4.78, 5) is 4.55. The van der Waals surface area contributed by atoms with E-state index < -0.39 is 0 Å². The molecular formula is C15H20N2. The van der Waals surface area contributed by atoms with E-state index in [2.05, 4.69) is 50.0 Å². The molecule has 17 heavy (non-hydrogen) atoms. The van der Waals surface area contributed by atoms with Gasteiger partial charge in [0.25, 0.3) is 0 Å². The Hall–Kier alpha value is -1.41. The zero-order valence-electron chi connectivity index (χ0n) is 11.0. The van der Waals surface area contributed by atoms with Crippen molar-refractivity contribution in [3.05, 3.63) is 41.1 Å². The number of pyridine rings is 1. The van der Waals surface area contributed by atoms with Gasteiger partial charge >= 0.3 is 0 Å². The largest absolute Gasteiger partial charge is 0.326 e. The summed E-state index contributed by atoms with van der Waals surface area (Å²) in [5.74, 6) is 0. The highest BCUT2D eigenvalue weighted by molar-refractivity contribution is 5.83. The first-order valence-corrected chi connectivity index (χ1v) is 6.02. The summed E-state index contributed by atoms with van der Waals surface area (Å²) in [6, 6.07) is 8.57. The van der Waals surface area contributed by atoms with Gasteiger partial charge in [0.15, 0.2) is 0 Å². The standard InChI is InChI=1S/C15H20N2/c1-10-7-11(9-16)13-8-12(15(2,3)4)5-6-14(13)17-10/h5-8H,9,16H2,1-4H3. The quantitative estimate of drug-likeness (QED) is 0.813. The molecule has 0 atom stereocenters. The summed E-state index contributed by atoms with van der Waals surface area (Å²) in [7, 11) is 0. The Morgan fingerprint density at radius 3 is 2.47 bits per heavy atom. The summed E-state index contributed by atoms with van der Waals surface area (Å²) in [5.41, 5.74) is 10.5. The van der Waals surface area contributed by atoms with Crippen molar-refractivity contribution in [3.8, 4) is 0 Å².